The fourth-order valence-electron chi connectivity index (χ4n) is 3.46. The number of pyridine rings is 2. The van der Waals surface area contributed by atoms with Gasteiger partial charge in [-0.1, -0.05) is 42.1 Å². The third-order valence-electron chi connectivity index (χ3n) is 4.98. The molecule has 0 aliphatic heterocycles. The van der Waals surface area contributed by atoms with Crippen LogP contribution in [0.5, 0.6) is 5.75 Å². The van der Waals surface area contributed by atoms with Crippen LogP contribution < -0.4 is 4.74 Å². The van der Waals surface area contributed by atoms with Crippen molar-refractivity contribution in [1.29, 1.82) is 0 Å². The lowest BCUT2D eigenvalue weighted by Crippen LogP contribution is -1.96. The Labute approximate surface area is 191 Å². The van der Waals surface area contributed by atoms with Gasteiger partial charge in [-0.3, -0.25) is 0 Å². The van der Waals surface area contributed by atoms with E-state index < -0.39 is 0 Å². The summed E-state index contributed by atoms with van der Waals surface area (Å²) >= 11 is 1.71. The number of rotatable bonds is 7. The van der Waals surface area contributed by atoms with Crippen LogP contribution in [0.1, 0.15) is 6.92 Å². The molecule has 0 radical (unpaired) electrons. The molecule has 0 atom stereocenters. The fraction of sp³-hybridized carbons (Fsp3) is 0.0769. The zero-order chi connectivity index (χ0) is 21.8. The summed E-state index contributed by atoms with van der Waals surface area (Å²) in [5, 5.41) is 0. The molecule has 32 heavy (non-hydrogen) atoms. The molecule has 5 rings (SSSR count). The molecule has 0 fully saturated rings. The van der Waals surface area contributed by atoms with Crippen LogP contribution in [-0.4, -0.2) is 25.7 Å². The summed E-state index contributed by atoms with van der Waals surface area (Å²) in [5.41, 5.74) is 2.33. The van der Waals surface area contributed by atoms with E-state index in [2.05, 4.69) is 69.4 Å². The zero-order valence-electron chi connectivity index (χ0n) is 17.6. The lowest BCUT2D eigenvalue weighted by Gasteiger charge is -2.06. The van der Waals surface area contributed by atoms with Crippen molar-refractivity contribution in [3.05, 3.63) is 104 Å². The molecule has 1 aromatic carbocycles. The molecule has 0 amide bonds. The highest BCUT2D eigenvalue weighted by atomic mass is 32.2. The Morgan fingerprint density at radius 2 is 1.41 bits per heavy atom. The molecule has 4 heterocycles. The molecule has 0 bridgehead atoms. The van der Waals surface area contributed by atoms with Gasteiger partial charge in [-0.2, -0.15) is 0 Å². The van der Waals surface area contributed by atoms with E-state index in [1.807, 2.05) is 54.3 Å². The first-order valence-corrected chi connectivity index (χ1v) is 11.2. The van der Waals surface area contributed by atoms with Crippen molar-refractivity contribution in [3.63, 3.8) is 0 Å². The Balaban J connectivity index is 1.33. The maximum atomic E-state index is 5.58. The van der Waals surface area contributed by atoms with Crippen LogP contribution in [0, 0.1) is 0 Å². The van der Waals surface area contributed by atoms with E-state index in [0.717, 1.165) is 32.7 Å². The van der Waals surface area contributed by atoms with Gasteiger partial charge < -0.3 is 13.9 Å². The lowest BCUT2D eigenvalue weighted by molar-refractivity contribution is 0.339. The Bertz CT molecular complexity index is 1330. The molecule has 0 saturated carbocycles. The lowest BCUT2D eigenvalue weighted by atomic mass is 10.1. The van der Waals surface area contributed by atoms with Crippen molar-refractivity contribution in [1.82, 2.24) is 19.1 Å². The smallest absolute Gasteiger partial charge is 0.140 e. The molecule has 4 aromatic heterocycles. The van der Waals surface area contributed by atoms with Gasteiger partial charge in [0.2, 0.25) is 0 Å². The average Bonchev–Trinajstić information content (AvgIpc) is 3.51. The van der Waals surface area contributed by atoms with Gasteiger partial charge in [0.25, 0.3) is 0 Å². The Morgan fingerprint density at radius 1 is 0.750 bits per heavy atom. The molecule has 0 N–H and O–H groups in total. The maximum Gasteiger partial charge on any atom is 0.140 e. The molecule has 0 saturated heterocycles. The second-order valence-corrected chi connectivity index (χ2v) is 8.31. The standard InChI is InChI=1S/C26H22N4OS/c1-2-31-22-9-13-28-26(17-22)30-15-11-24(19-30)32-23-10-14-29(18-23)25-16-21(8-12-27-25)20-6-4-3-5-7-20/h3-19H,2H2,1H3. The van der Waals surface area contributed by atoms with Crippen LogP contribution >= 0.6 is 11.8 Å². The molecule has 0 aliphatic rings. The van der Waals surface area contributed by atoms with E-state index in [1.165, 1.54) is 5.56 Å². The van der Waals surface area contributed by atoms with Crippen LogP contribution in [0.3, 0.4) is 0 Å². The van der Waals surface area contributed by atoms with Gasteiger partial charge in [-0.25, -0.2) is 9.97 Å². The van der Waals surface area contributed by atoms with Crippen LogP contribution in [0.4, 0.5) is 0 Å². The Kier molecular flexibility index (Phi) is 5.77. The summed E-state index contributed by atoms with van der Waals surface area (Å²) in [4.78, 5) is 11.3. The van der Waals surface area contributed by atoms with Gasteiger partial charge in [0.1, 0.15) is 17.4 Å². The Hall–Kier alpha value is -3.77. The second kappa shape index (κ2) is 9.16. The summed E-state index contributed by atoms with van der Waals surface area (Å²) < 4.78 is 9.65. The van der Waals surface area contributed by atoms with Crippen molar-refractivity contribution >= 4 is 11.8 Å². The highest BCUT2D eigenvalue weighted by molar-refractivity contribution is 7.99. The topological polar surface area (TPSA) is 44.9 Å². The van der Waals surface area contributed by atoms with E-state index in [9.17, 15) is 0 Å². The molecule has 0 aliphatic carbocycles. The van der Waals surface area contributed by atoms with Gasteiger partial charge in [-0.05, 0) is 48.4 Å². The van der Waals surface area contributed by atoms with Gasteiger partial charge in [0.15, 0.2) is 0 Å². The van der Waals surface area contributed by atoms with Crippen molar-refractivity contribution in [2.45, 2.75) is 16.7 Å². The molecular weight excluding hydrogens is 416 g/mol. The summed E-state index contributed by atoms with van der Waals surface area (Å²) in [6.07, 6.45) is 11.9. The van der Waals surface area contributed by atoms with Crippen molar-refractivity contribution < 1.29 is 4.74 Å². The number of hydrogen-bond acceptors (Lipinski definition) is 4. The molecule has 0 unspecified atom stereocenters. The Morgan fingerprint density at radius 3 is 2.09 bits per heavy atom. The average molecular weight is 439 g/mol. The molecule has 5 aromatic rings. The van der Waals surface area contributed by atoms with Gasteiger partial charge in [0, 0.05) is 53.0 Å². The van der Waals surface area contributed by atoms with E-state index in [-0.39, 0.29) is 0 Å². The van der Waals surface area contributed by atoms with E-state index >= 15 is 0 Å². The monoisotopic (exact) mass is 438 g/mol. The first-order chi connectivity index (χ1) is 15.8. The van der Waals surface area contributed by atoms with Gasteiger partial charge >= 0.3 is 0 Å². The van der Waals surface area contributed by atoms with Crippen molar-refractivity contribution in [3.8, 4) is 28.5 Å². The SMILES string of the molecule is CCOc1ccnc(-n2ccc(Sc3ccn(-c4cc(-c5ccccc5)ccn4)c3)c2)c1. The summed E-state index contributed by atoms with van der Waals surface area (Å²) in [6, 6.07) is 22.5. The molecule has 0 spiro atoms. The quantitative estimate of drug-likeness (QED) is 0.300. The highest BCUT2D eigenvalue weighted by Crippen LogP contribution is 2.30. The summed E-state index contributed by atoms with van der Waals surface area (Å²) in [7, 11) is 0. The number of ether oxygens (including phenoxy) is 1. The predicted molar refractivity (Wildman–Crippen MR) is 128 cm³/mol. The van der Waals surface area contributed by atoms with E-state index in [1.54, 1.807) is 18.0 Å². The first-order valence-electron chi connectivity index (χ1n) is 10.4. The van der Waals surface area contributed by atoms with E-state index in [4.69, 9.17) is 4.74 Å². The van der Waals surface area contributed by atoms with Crippen molar-refractivity contribution in [2.75, 3.05) is 6.61 Å². The summed E-state index contributed by atoms with van der Waals surface area (Å²) in [5.74, 6) is 2.55. The van der Waals surface area contributed by atoms with Crippen LogP contribution in [-0.2, 0) is 0 Å². The van der Waals surface area contributed by atoms with Crippen LogP contribution in [0.25, 0.3) is 22.8 Å². The van der Waals surface area contributed by atoms with Crippen LogP contribution in [0.15, 0.2) is 114 Å². The number of hydrogen-bond donors (Lipinski definition) is 0. The number of nitrogens with zero attached hydrogens (tertiary/aromatic N) is 4. The molecule has 5 nitrogen and oxygen atoms in total. The van der Waals surface area contributed by atoms with Gasteiger partial charge in [0.05, 0.1) is 6.61 Å². The normalized spacial score (nSPS) is 10.9. The van der Waals surface area contributed by atoms with Gasteiger partial charge in [-0.15, -0.1) is 0 Å². The third-order valence-corrected chi connectivity index (χ3v) is 5.93. The predicted octanol–water partition coefficient (Wildman–Crippen LogP) is 6.27. The van der Waals surface area contributed by atoms with E-state index in [0.29, 0.717) is 6.61 Å². The minimum Gasteiger partial charge on any atom is -0.494 e. The fourth-order valence-corrected chi connectivity index (χ4v) is 4.33. The molecule has 6 heteroatoms. The second-order valence-electron chi connectivity index (χ2n) is 7.16. The van der Waals surface area contributed by atoms with Crippen molar-refractivity contribution in [2.24, 2.45) is 0 Å². The molecular formula is C26H22N4OS. The largest absolute Gasteiger partial charge is 0.494 e. The molecule has 158 valence electrons. The number of benzene rings is 1. The third kappa shape index (κ3) is 4.45. The van der Waals surface area contributed by atoms with Crippen LogP contribution in [0.2, 0.25) is 0 Å². The number of aromatic nitrogens is 4. The maximum absolute atomic E-state index is 5.58. The minimum absolute atomic E-state index is 0.635. The first kappa shape index (κ1) is 20.2. The highest BCUT2D eigenvalue weighted by Gasteiger charge is 2.07. The summed E-state index contributed by atoms with van der Waals surface area (Å²) in [6.45, 7) is 2.61. The zero-order valence-corrected chi connectivity index (χ0v) is 18.4. The minimum atomic E-state index is 0.635.